The van der Waals surface area contributed by atoms with Crippen LogP contribution in [0, 0.1) is 5.41 Å². The van der Waals surface area contributed by atoms with Crippen LogP contribution >= 0.6 is 0 Å². The summed E-state index contributed by atoms with van der Waals surface area (Å²) in [5, 5.41) is 37.6. The van der Waals surface area contributed by atoms with Gasteiger partial charge >= 0.3 is 0 Å². The molecule has 0 unspecified atom stereocenters. The van der Waals surface area contributed by atoms with E-state index in [0.29, 0.717) is 11.2 Å². The highest BCUT2D eigenvalue weighted by Gasteiger charge is 2.53. The van der Waals surface area contributed by atoms with Gasteiger partial charge in [-0.05, 0) is 6.92 Å². The number of aliphatic hydroxyl groups is 3. The first-order valence-corrected chi connectivity index (χ1v) is 6.47. The predicted molar refractivity (Wildman–Crippen MR) is 70.0 cm³/mol. The zero-order valence-electron chi connectivity index (χ0n) is 11.6. The Kier molecular flexibility index (Phi) is 3.10. The molecule has 0 amide bonds. The molecule has 21 heavy (non-hydrogen) atoms. The van der Waals surface area contributed by atoms with Crippen molar-refractivity contribution in [2.24, 2.45) is 7.05 Å². The first-order chi connectivity index (χ1) is 9.87. The van der Waals surface area contributed by atoms with Crippen LogP contribution in [0.2, 0.25) is 0 Å². The fourth-order valence-electron chi connectivity index (χ4n) is 2.58. The number of fused-ring (bicyclic) bond motifs is 1. The fraction of sp³-hybridized carbons (Fsp3) is 0.583. The molecule has 4 atom stereocenters. The molecule has 3 heterocycles. The normalized spacial score (nSPS) is 32.9. The molecule has 9 heteroatoms. The second-order valence-corrected chi connectivity index (χ2v) is 5.41. The molecule has 3 rings (SSSR count). The lowest BCUT2D eigenvalue weighted by Crippen LogP contribution is -2.44. The number of imidazole rings is 1. The summed E-state index contributed by atoms with van der Waals surface area (Å²) in [7, 11) is 1.68. The fourth-order valence-corrected chi connectivity index (χ4v) is 2.58. The van der Waals surface area contributed by atoms with Crippen molar-refractivity contribution in [1.29, 1.82) is 5.41 Å². The molecule has 1 fully saturated rings. The van der Waals surface area contributed by atoms with Gasteiger partial charge in [0.15, 0.2) is 17.4 Å². The standard InChI is InChI=1S/C12H17N5O4/c1-12(20)8(19)6(3-18)21-11(12)17-5-14-7-9(13)16(2)4-15-10(7)17/h4-6,8,11,13,18-20H,3H2,1-2H3/t6-,8-,11-,12-/m1/s1. The van der Waals surface area contributed by atoms with E-state index in [1.807, 2.05) is 0 Å². The van der Waals surface area contributed by atoms with Crippen molar-refractivity contribution in [3.8, 4) is 0 Å². The molecule has 1 aliphatic rings. The average Bonchev–Trinajstić information content (AvgIpc) is 2.96. The number of aryl methyl sites for hydroxylation is 1. The van der Waals surface area contributed by atoms with Crippen LogP contribution < -0.4 is 5.49 Å². The van der Waals surface area contributed by atoms with Gasteiger partial charge in [-0.15, -0.1) is 0 Å². The molecule has 0 saturated carbocycles. The third-order valence-electron chi connectivity index (χ3n) is 3.89. The monoisotopic (exact) mass is 295 g/mol. The number of hydrogen-bond acceptors (Lipinski definition) is 7. The van der Waals surface area contributed by atoms with Crippen LogP contribution in [0.15, 0.2) is 12.7 Å². The van der Waals surface area contributed by atoms with Crippen LogP contribution in [0.3, 0.4) is 0 Å². The molecule has 9 nitrogen and oxygen atoms in total. The van der Waals surface area contributed by atoms with Crippen molar-refractivity contribution in [1.82, 2.24) is 19.1 Å². The zero-order valence-corrected chi connectivity index (χ0v) is 11.6. The smallest absolute Gasteiger partial charge is 0.168 e. The number of ether oxygens (including phenoxy) is 1. The highest BCUT2D eigenvalue weighted by Crippen LogP contribution is 2.38. The summed E-state index contributed by atoms with van der Waals surface area (Å²) in [6, 6.07) is 0. The summed E-state index contributed by atoms with van der Waals surface area (Å²) in [6.07, 6.45) is -0.208. The molecule has 0 spiro atoms. The molecule has 2 aromatic heterocycles. The lowest BCUT2D eigenvalue weighted by molar-refractivity contribution is -0.0950. The molecule has 1 aliphatic heterocycles. The molecule has 0 bridgehead atoms. The Labute approximate surface area is 119 Å². The number of aromatic nitrogens is 4. The van der Waals surface area contributed by atoms with E-state index in [-0.39, 0.29) is 5.49 Å². The molecule has 0 radical (unpaired) electrons. The van der Waals surface area contributed by atoms with Gasteiger partial charge in [-0.3, -0.25) is 9.98 Å². The van der Waals surface area contributed by atoms with Crippen LogP contribution in [0.25, 0.3) is 11.2 Å². The molecule has 114 valence electrons. The molecular formula is C12H17N5O4. The highest BCUT2D eigenvalue weighted by atomic mass is 16.6. The maximum atomic E-state index is 10.5. The van der Waals surface area contributed by atoms with Gasteiger partial charge in [-0.1, -0.05) is 0 Å². The quantitative estimate of drug-likeness (QED) is 0.520. The topological polar surface area (TPSA) is 129 Å². The third-order valence-corrected chi connectivity index (χ3v) is 3.89. The first kappa shape index (κ1) is 14.1. The molecule has 1 saturated heterocycles. The minimum absolute atomic E-state index is 0.177. The van der Waals surface area contributed by atoms with Crippen LogP contribution in [0.1, 0.15) is 13.2 Å². The van der Waals surface area contributed by atoms with Gasteiger partial charge in [0.1, 0.15) is 23.3 Å². The van der Waals surface area contributed by atoms with Crippen LogP contribution in [0.5, 0.6) is 0 Å². The highest BCUT2D eigenvalue weighted by molar-refractivity contribution is 5.68. The van der Waals surface area contributed by atoms with Crippen molar-refractivity contribution in [3.63, 3.8) is 0 Å². The van der Waals surface area contributed by atoms with Crippen molar-refractivity contribution < 1.29 is 20.1 Å². The van der Waals surface area contributed by atoms with Crippen molar-refractivity contribution in [3.05, 3.63) is 18.1 Å². The molecule has 0 aliphatic carbocycles. The van der Waals surface area contributed by atoms with Crippen LogP contribution in [0.4, 0.5) is 0 Å². The number of nitrogens with one attached hydrogen (secondary N) is 1. The van der Waals surface area contributed by atoms with E-state index in [0.717, 1.165) is 0 Å². The minimum Gasteiger partial charge on any atom is -0.394 e. The van der Waals surface area contributed by atoms with Gasteiger partial charge in [0.05, 0.1) is 19.3 Å². The summed E-state index contributed by atoms with van der Waals surface area (Å²) in [5.74, 6) is 0. The van der Waals surface area contributed by atoms with Gasteiger partial charge in [-0.2, -0.15) is 0 Å². The lowest BCUT2D eigenvalue weighted by atomic mass is 9.96. The number of aliphatic hydroxyl groups excluding tert-OH is 2. The Morgan fingerprint density at radius 2 is 2.14 bits per heavy atom. The summed E-state index contributed by atoms with van der Waals surface area (Å²) in [6.45, 7) is 1.01. The number of nitrogens with zero attached hydrogens (tertiary/aromatic N) is 4. The molecule has 0 aromatic carbocycles. The van der Waals surface area contributed by atoms with Gasteiger partial charge in [0, 0.05) is 7.05 Å². The van der Waals surface area contributed by atoms with Gasteiger partial charge in [0.2, 0.25) is 0 Å². The minimum atomic E-state index is -1.61. The number of rotatable bonds is 2. The van der Waals surface area contributed by atoms with Crippen LogP contribution in [-0.2, 0) is 11.8 Å². The third kappa shape index (κ3) is 1.89. The summed E-state index contributed by atoms with van der Waals surface area (Å²) in [4.78, 5) is 8.32. The summed E-state index contributed by atoms with van der Waals surface area (Å²) < 4.78 is 8.50. The van der Waals surface area contributed by atoms with Gasteiger partial charge in [-0.25, -0.2) is 9.97 Å². The largest absolute Gasteiger partial charge is 0.394 e. The van der Waals surface area contributed by atoms with E-state index in [1.54, 1.807) is 7.05 Å². The van der Waals surface area contributed by atoms with Crippen molar-refractivity contribution in [2.75, 3.05) is 6.61 Å². The molecule has 2 aromatic rings. The van der Waals surface area contributed by atoms with E-state index in [9.17, 15) is 15.3 Å². The van der Waals surface area contributed by atoms with E-state index in [4.69, 9.17) is 10.1 Å². The SMILES string of the molecule is Cn1cnc2c(ncn2[C@@H]2O[C@H](CO)[C@@H](O)[C@@]2(C)O)c1=N. The average molecular weight is 295 g/mol. The van der Waals surface area contributed by atoms with Gasteiger partial charge < -0.3 is 24.6 Å². The van der Waals surface area contributed by atoms with Gasteiger partial charge in [0.25, 0.3) is 0 Å². The zero-order chi connectivity index (χ0) is 15.4. The Morgan fingerprint density at radius 3 is 2.76 bits per heavy atom. The van der Waals surface area contributed by atoms with Crippen molar-refractivity contribution in [2.45, 2.75) is 31.0 Å². The second kappa shape index (κ2) is 4.60. The molecular weight excluding hydrogens is 278 g/mol. The Bertz CT molecular complexity index is 737. The maximum Gasteiger partial charge on any atom is 0.168 e. The maximum absolute atomic E-state index is 10.5. The second-order valence-electron chi connectivity index (χ2n) is 5.41. The Morgan fingerprint density at radius 1 is 1.43 bits per heavy atom. The molecule has 4 N–H and O–H groups in total. The Hall–Kier alpha value is -1.81. The number of hydrogen-bond donors (Lipinski definition) is 4. The first-order valence-electron chi connectivity index (χ1n) is 6.47. The van der Waals surface area contributed by atoms with Crippen LogP contribution in [-0.4, -0.2) is 58.8 Å². The van der Waals surface area contributed by atoms with E-state index in [2.05, 4.69) is 9.97 Å². The van der Waals surface area contributed by atoms with E-state index in [1.165, 1.54) is 28.7 Å². The predicted octanol–water partition coefficient (Wildman–Crippen LogP) is -1.75. The van der Waals surface area contributed by atoms with Crippen molar-refractivity contribution >= 4 is 11.2 Å². The lowest BCUT2D eigenvalue weighted by Gasteiger charge is -2.27. The van der Waals surface area contributed by atoms with E-state index < -0.39 is 30.6 Å². The summed E-state index contributed by atoms with van der Waals surface area (Å²) >= 11 is 0. The van der Waals surface area contributed by atoms with E-state index >= 15 is 0 Å². The summed E-state index contributed by atoms with van der Waals surface area (Å²) in [5.41, 5.74) is -0.700. The Balaban J connectivity index is 2.13.